The maximum absolute atomic E-state index is 13.1. The average Bonchev–Trinajstić information content (AvgIpc) is 2.75. The zero-order valence-corrected chi connectivity index (χ0v) is 20.1. The summed E-state index contributed by atoms with van der Waals surface area (Å²) < 4.78 is 27.9. The minimum absolute atomic E-state index is 0.0834. The molecule has 166 valence electrons. The molecule has 32 heavy (non-hydrogen) atoms. The number of nitrogens with zero attached hydrogens (tertiary/aromatic N) is 1. The van der Waals surface area contributed by atoms with E-state index in [1.54, 1.807) is 37.3 Å². The molecule has 3 aromatic rings. The van der Waals surface area contributed by atoms with Gasteiger partial charge in [0.25, 0.3) is 15.9 Å². The summed E-state index contributed by atoms with van der Waals surface area (Å²) in [5.74, 6) is -1.84. The lowest BCUT2D eigenvalue weighted by Crippen LogP contribution is -2.27. The maximum atomic E-state index is 13.1. The van der Waals surface area contributed by atoms with Gasteiger partial charge in [0.2, 0.25) is 0 Å². The van der Waals surface area contributed by atoms with E-state index in [0.29, 0.717) is 20.7 Å². The van der Waals surface area contributed by atoms with Gasteiger partial charge in [0.15, 0.2) is 0 Å². The second-order valence-corrected chi connectivity index (χ2v) is 10.2. The van der Waals surface area contributed by atoms with Gasteiger partial charge in [-0.05, 0) is 67.1 Å². The van der Waals surface area contributed by atoms with E-state index >= 15 is 0 Å². The smallest absolute Gasteiger partial charge is 0.337 e. The molecule has 0 aromatic heterocycles. The number of carbonyl (C=O) groups excluding carboxylic acids is 1. The topological polar surface area (TPSA) is 104 Å². The second-order valence-electron chi connectivity index (χ2n) is 6.87. The highest BCUT2D eigenvalue weighted by molar-refractivity contribution is 9.10. The number of amides is 1. The Hall–Kier alpha value is -2.88. The summed E-state index contributed by atoms with van der Waals surface area (Å²) in [7, 11) is -2.57. The molecule has 0 aliphatic heterocycles. The molecular formula is C22H18BrClN2O5S. The molecule has 0 aliphatic carbocycles. The number of hydrogen-bond acceptors (Lipinski definition) is 4. The van der Waals surface area contributed by atoms with E-state index in [1.807, 2.05) is 0 Å². The van der Waals surface area contributed by atoms with Crippen molar-refractivity contribution in [2.45, 2.75) is 11.8 Å². The van der Waals surface area contributed by atoms with Crippen molar-refractivity contribution in [1.82, 2.24) is 0 Å². The van der Waals surface area contributed by atoms with Gasteiger partial charge in [-0.1, -0.05) is 33.6 Å². The molecule has 0 spiro atoms. The van der Waals surface area contributed by atoms with Gasteiger partial charge in [-0.2, -0.15) is 0 Å². The van der Waals surface area contributed by atoms with E-state index < -0.39 is 21.9 Å². The van der Waals surface area contributed by atoms with Crippen molar-refractivity contribution < 1.29 is 23.1 Å². The van der Waals surface area contributed by atoms with Crippen molar-refractivity contribution in [1.29, 1.82) is 0 Å². The lowest BCUT2D eigenvalue weighted by atomic mass is 10.1. The molecule has 0 aliphatic rings. The fourth-order valence-electron chi connectivity index (χ4n) is 2.95. The van der Waals surface area contributed by atoms with Crippen LogP contribution >= 0.6 is 27.5 Å². The van der Waals surface area contributed by atoms with E-state index in [2.05, 4.69) is 21.2 Å². The van der Waals surface area contributed by atoms with Gasteiger partial charge < -0.3 is 10.4 Å². The quantitative estimate of drug-likeness (QED) is 0.451. The van der Waals surface area contributed by atoms with Gasteiger partial charge in [0.1, 0.15) is 0 Å². The Morgan fingerprint density at radius 3 is 2.28 bits per heavy atom. The van der Waals surface area contributed by atoms with Crippen LogP contribution in [0.25, 0.3) is 0 Å². The summed E-state index contributed by atoms with van der Waals surface area (Å²) in [5.41, 5.74) is 1.04. The lowest BCUT2D eigenvalue weighted by molar-refractivity contribution is 0.0698. The Morgan fingerprint density at radius 2 is 1.66 bits per heavy atom. The predicted octanol–water partition coefficient (Wildman–Crippen LogP) is 5.19. The zero-order valence-electron chi connectivity index (χ0n) is 17.0. The van der Waals surface area contributed by atoms with Crippen molar-refractivity contribution in [2.75, 3.05) is 16.7 Å². The number of aromatic carboxylic acids is 1. The molecular weight excluding hydrogens is 520 g/mol. The molecule has 0 radical (unpaired) electrons. The lowest BCUT2D eigenvalue weighted by Gasteiger charge is -2.20. The molecule has 3 aromatic carbocycles. The molecule has 0 fully saturated rings. The molecule has 7 nitrogen and oxygen atoms in total. The fourth-order valence-corrected chi connectivity index (χ4v) is 4.66. The highest BCUT2D eigenvalue weighted by Crippen LogP contribution is 2.26. The van der Waals surface area contributed by atoms with Crippen LogP contribution in [0.5, 0.6) is 0 Å². The zero-order chi connectivity index (χ0) is 23.6. The van der Waals surface area contributed by atoms with Crippen LogP contribution in [-0.2, 0) is 10.0 Å². The molecule has 10 heteroatoms. The van der Waals surface area contributed by atoms with Crippen molar-refractivity contribution in [3.8, 4) is 0 Å². The van der Waals surface area contributed by atoms with Crippen molar-refractivity contribution in [2.24, 2.45) is 0 Å². The summed E-state index contributed by atoms with van der Waals surface area (Å²) in [5, 5.41) is 12.4. The minimum atomic E-state index is -3.97. The minimum Gasteiger partial charge on any atom is -0.478 e. The van der Waals surface area contributed by atoms with Gasteiger partial charge in [-0.25, -0.2) is 13.2 Å². The summed E-state index contributed by atoms with van der Waals surface area (Å²) in [4.78, 5) is 24.3. The Balaban J connectivity index is 1.96. The molecule has 0 heterocycles. The number of sulfonamides is 1. The van der Waals surface area contributed by atoms with Gasteiger partial charge >= 0.3 is 5.97 Å². The first-order chi connectivity index (χ1) is 15.0. The van der Waals surface area contributed by atoms with Crippen molar-refractivity contribution in [3.63, 3.8) is 0 Å². The number of rotatable bonds is 6. The summed E-state index contributed by atoms with van der Waals surface area (Å²) in [6.07, 6.45) is 0. The summed E-state index contributed by atoms with van der Waals surface area (Å²) in [6, 6.07) is 14.9. The first kappa shape index (κ1) is 23.8. The van der Waals surface area contributed by atoms with Gasteiger partial charge in [0.05, 0.1) is 21.8 Å². The number of benzene rings is 3. The third-order valence-electron chi connectivity index (χ3n) is 4.76. The van der Waals surface area contributed by atoms with Crippen LogP contribution in [-0.4, -0.2) is 32.4 Å². The van der Waals surface area contributed by atoms with Crippen LogP contribution in [0.15, 0.2) is 70.0 Å². The van der Waals surface area contributed by atoms with E-state index in [9.17, 15) is 23.1 Å². The van der Waals surface area contributed by atoms with Crippen molar-refractivity contribution >= 4 is 60.8 Å². The van der Waals surface area contributed by atoms with E-state index in [0.717, 1.165) is 4.31 Å². The standard InChI is InChI=1S/C22H18BrClN2O5S/c1-13-3-9-17(32(30,31)26(2)16-7-5-15(24)6-8-16)12-18(13)21(27)25-20-10-4-14(23)11-19(20)22(28)29/h3-12H,1-2H3,(H,25,27)(H,28,29). The van der Waals surface area contributed by atoms with E-state index in [1.165, 1.54) is 37.4 Å². The SMILES string of the molecule is Cc1ccc(S(=O)(=O)N(C)c2ccc(Cl)cc2)cc1C(=O)Nc1ccc(Br)cc1C(=O)O. The highest BCUT2D eigenvalue weighted by atomic mass is 79.9. The number of carboxylic acids is 1. The Morgan fingerprint density at radius 1 is 1.00 bits per heavy atom. The number of carbonyl (C=O) groups is 2. The molecule has 0 bridgehead atoms. The second kappa shape index (κ2) is 9.32. The van der Waals surface area contributed by atoms with E-state index in [-0.39, 0.29) is 21.7 Å². The van der Waals surface area contributed by atoms with Crippen molar-refractivity contribution in [3.05, 3.63) is 86.8 Å². The third kappa shape index (κ3) is 4.95. The van der Waals surface area contributed by atoms with Crippen LogP contribution < -0.4 is 9.62 Å². The molecule has 2 N–H and O–H groups in total. The number of hydrogen-bond donors (Lipinski definition) is 2. The number of carboxylic acid groups (broad SMARTS) is 1. The largest absolute Gasteiger partial charge is 0.478 e. The van der Waals surface area contributed by atoms with Crippen LogP contribution in [0, 0.1) is 6.92 Å². The van der Waals surface area contributed by atoms with Gasteiger partial charge in [-0.15, -0.1) is 0 Å². The summed E-state index contributed by atoms with van der Waals surface area (Å²) in [6.45, 7) is 1.66. The van der Waals surface area contributed by atoms with Crippen LogP contribution in [0.2, 0.25) is 5.02 Å². The number of aryl methyl sites for hydroxylation is 1. The summed E-state index contributed by atoms with van der Waals surface area (Å²) >= 11 is 9.08. The monoisotopic (exact) mass is 536 g/mol. The fraction of sp³-hybridized carbons (Fsp3) is 0.0909. The molecule has 0 saturated heterocycles. The maximum Gasteiger partial charge on any atom is 0.337 e. The molecule has 0 saturated carbocycles. The van der Waals surface area contributed by atoms with Crippen LogP contribution in [0.1, 0.15) is 26.3 Å². The van der Waals surface area contributed by atoms with Gasteiger partial charge in [0, 0.05) is 22.1 Å². The Bertz CT molecular complexity index is 1310. The van der Waals surface area contributed by atoms with Gasteiger partial charge in [-0.3, -0.25) is 9.10 Å². The number of anilines is 2. The molecule has 3 rings (SSSR count). The number of nitrogens with one attached hydrogen (secondary N) is 1. The first-order valence-corrected chi connectivity index (χ1v) is 11.8. The Labute approximate surface area is 198 Å². The molecule has 1 amide bonds. The normalized spacial score (nSPS) is 11.1. The first-order valence-electron chi connectivity index (χ1n) is 9.20. The predicted molar refractivity (Wildman–Crippen MR) is 127 cm³/mol. The molecule has 0 atom stereocenters. The van der Waals surface area contributed by atoms with Crippen LogP contribution in [0.3, 0.4) is 0 Å². The third-order valence-corrected chi connectivity index (χ3v) is 7.29. The number of halogens is 2. The Kier molecular flexibility index (Phi) is 6.92. The molecule has 0 unspecified atom stereocenters. The highest BCUT2D eigenvalue weighted by Gasteiger charge is 2.24. The van der Waals surface area contributed by atoms with Crippen LogP contribution in [0.4, 0.5) is 11.4 Å². The average molecular weight is 538 g/mol. The van der Waals surface area contributed by atoms with E-state index in [4.69, 9.17) is 11.6 Å².